The Morgan fingerprint density at radius 3 is 2.27 bits per heavy atom. The van der Waals surface area contributed by atoms with E-state index in [4.69, 9.17) is 23.1 Å². The summed E-state index contributed by atoms with van der Waals surface area (Å²) in [7, 11) is 0. The molecular weight excluding hydrogens is 394 g/mol. The molecule has 148 valence electrons. The van der Waals surface area contributed by atoms with E-state index in [1.807, 2.05) is 24.3 Å². The third-order valence-corrected chi connectivity index (χ3v) is 4.89. The van der Waals surface area contributed by atoms with E-state index in [1.54, 1.807) is 30.3 Å². The molecule has 30 heavy (non-hydrogen) atoms. The smallest absolute Gasteiger partial charge is 0.154 e. The summed E-state index contributed by atoms with van der Waals surface area (Å²) in [5.74, 6) is 0.606. The van der Waals surface area contributed by atoms with Crippen LogP contribution in [-0.2, 0) is 6.42 Å². The summed E-state index contributed by atoms with van der Waals surface area (Å²) in [6.45, 7) is 0. The molecule has 4 aromatic rings. The minimum absolute atomic E-state index is 0.252. The van der Waals surface area contributed by atoms with Crippen LogP contribution >= 0.6 is 11.6 Å². The topological polar surface area (TPSA) is 89.6 Å². The normalized spacial score (nSPS) is 11.1. The van der Waals surface area contributed by atoms with E-state index >= 15 is 0 Å². The van der Waals surface area contributed by atoms with Crippen LogP contribution in [0, 0.1) is 0 Å². The van der Waals surface area contributed by atoms with Crippen molar-refractivity contribution < 1.29 is 0 Å². The standard InChI is InChI=1S/C24H20ClN5/c25-20-9-11-21(12-10-20)29-30-23-19(15-22(26)28-24(23)27)14-16-5-4-8-18(13-16)17-6-2-1-3-7-17/h1-13,15H,14H2,(H4,26,27,28). The molecular formula is C24H20ClN5. The van der Waals surface area contributed by atoms with Crippen molar-refractivity contribution in [2.24, 2.45) is 10.2 Å². The number of nitrogens with two attached hydrogens (primary N) is 2. The first-order valence-electron chi connectivity index (χ1n) is 9.45. The fraction of sp³-hybridized carbons (Fsp3) is 0.0417. The lowest BCUT2D eigenvalue weighted by Crippen LogP contribution is -2.00. The lowest BCUT2D eigenvalue weighted by Gasteiger charge is -2.10. The molecule has 0 aliphatic carbocycles. The Labute approximate surface area is 180 Å². The highest BCUT2D eigenvalue weighted by atomic mass is 35.5. The van der Waals surface area contributed by atoms with Crippen molar-refractivity contribution in [2.45, 2.75) is 6.42 Å². The molecule has 0 atom stereocenters. The number of halogens is 1. The monoisotopic (exact) mass is 413 g/mol. The largest absolute Gasteiger partial charge is 0.384 e. The quantitative estimate of drug-likeness (QED) is 0.362. The van der Waals surface area contributed by atoms with Gasteiger partial charge >= 0.3 is 0 Å². The van der Waals surface area contributed by atoms with Crippen molar-refractivity contribution in [3.05, 3.63) is 101 Å². The van der Waals surface area contributed by atoms with Gasteiger partial charge in [0.1, 0.15) is 11.5 Å². The number of rotatable bonds is 5. The van der Waals surface area contributed by atoms with Gasteiger partial charge in [-0.05, 0) is 59.0 Å². The predicted octanol–water partition coefficient (Wildman–Crippen LogP) is 6.57. The zero-order valence-electron chi connectivity index (χ0n) is 16.2. The highest BCUT2D eigenvalue weighted by Crippen LogP contribution is 2.32. The van der Waals surface area contributed by atoms with Gasteiger partial charge in [0.15, 0.2) is 5.82 Å². The number of anilines is 2. The molecule has 4 rings (SSSR count). The Hall–Kier alpha value is -3.70. The molecule has 0 saturated carbocycles. The maximum Gasteiger partial charge on any atom is 0.154 e. The minimum Gasteiger partial charge on any atom is -0.384 e. The van der Waals surface area contributed by atoms with Gasteiger partial charge in [0.05, 0.1) is 5.69 Å². The summed E-state index contributed by atoms with van der Waals surface area (Å²) in [6.07, 6.45) is 0.604. The zero-order chi connectivity index (χ0) is 20.9. The third-order valence-electron chi connectivity index (χ3n) is 4.64. The van der Waals surface area contributed by atoms with Gasteiger partial charge in [-0.2, -0.15) is 5.11 Å². The third kappa shape index (κ3) is 4.64. The number of hydrogen-bond donors (Lipinski definition) is 2. The van der Waals surface area contributed by atoms with E-state index in [2.05, 4.69) is 45.5 Å². The lowest BCUT2D eigenvalue weighted by molar-refractivity contribution is 1.12. The van der Waals surface area contributed by atoms with Crippen LogP contribution in [0.25, 0.3) is 11.1 Å². The molecule has 0 saturated heterocycles. The molecule has 1 aromatic heterocycles. The SMILES string of the molecule is Nc1cc(Cc2cccc(-c3ccccc3)c2)c(N=Nc2ccc(Cl)cc2)c(N)n1. The first-order valence-corrected chi connectivity index (χ1v) is 9.83. The Bertz CT molecular complexity index is 1190. The summed E-state index contributed by atoms with van der Waals surface area (Å²) >= 11 is 5.93. The Balaban J connectivity index is 1.67. The van der Waals surface area contributed by atoms with Gasteiger partial charge in [-0.3, -0.25) is 0 Å². The van der Waals surface area contributed by atoms with Crippen LogP contribution in [0.3, 0.4) is 0 Å². The maximum atomic E-state index is 6.12. The molecule has 0 aliphatic heterocycles. The second-order valence-corrected chi connectivity index (χ2v) is 7.30. The maximum absolute atomic E-state index is 6.12. The van der Waals surface area contributed by atoms with Gasteiger partial charge in [-0.15, -0.1) is 5.11 Å². The second-order valence-electron chi connectivity index (χ2n) is 6.86. The minimum atomic E-state index is 0.252. The van der Waals surface area contributed by atoms with Crippen LogP contribution < -0.4 is 11.5 Å². The van der Waals surface area contributed by atoms with E-state index in [0.29, 0.717) is 28.6 Å². The van der Waals surface area contributed by atoms with Gasteiger partial charge < -0.3 is 11.5 Å². The molecule has 0 bridgehead atoms. The number of aromatic nitrogens is 1. The highest BCUT2D eigenvalue weighted by molar-refractivity contribution is 6.30. The average Bonchev–Trinajstić information content (AvgIpc) is 2.75. The second kappa shape index (κ2) is 8.76. The number of pyridine rings is 1. The van der Waals surface area contributed by atoms with Crippen LogP contribution in [0.4, 0.5) is 23.0 Å². The van der Waals surface area contributed by atoms with Crippen molar-refractivity contribution in [2.75, 3.05) is 11.5 Å². The molecule has 1 heterocycles. The highest BCUT2D eigenvalue weighted by Gasteiger charge is 2.11. The molecule has 0 fully saturated rings. The van der Waals surface area contributed by atoms with Gasteiger partial charge in [0.2, 0.25) is 0 Å². The van der Waals surface area contributed by atoms with Crippen LogP contribution in [0.5, 0.6) is 0 Å². The van der Waals surface area contributed by atoms with Gasteiger partial charge in [0, 0.05) is 5.02 Å². The van der Waals surface area contributed by atoms with Crippen molar-refractivity contribution >= 4 is 34.6 Å². The number of azo groups is 1. The number of nitrogens with zero attached hydrogens (tertiary/aromatic N) is 3. The van der Waals surface area contributed by atoms with E-state index < -0.39 is 0 Å². The Morgan fingerprint density at radius 1 is 0.767 bits per heavy atom. The summed E-state index contributed by atoms with van der Waals surface area (Å²) in [4.78, 5) is 4.15. The number of benzene rings is 3. The molecule has 5 nitrogen and oxygen atoms in total. The van der Waals surface area contributed by atoms with E-state index in [9.17, 15) is 0 Å². The molecule has 0 spiro atoms. The Morgan fingerprint density at radius 2 is 1.50 bits per heavy atom. The fourth-order valence-electron chi connectivity index (χ4n) is 3.21. The molecule has 3 aromatic carbocycles. The summed E-state index contributed by atoms with van der Waals surface area (Å²) in [5.41, 5.74) is 17.5. The Kier molecular flexibility index (Phi) is 5.72. The van der Waals surface area contributed by atoms with Gasteiger partial charge in [0.25, 0.3) is 0 Å². The van der Waals surface area contributed by atoms with E-state index in [1.165, 1.54) is 0 Å². The van der Waals surface area contributed by atoms with Gasteiger partial charge in [-0.25, -0.2) is 4.98 Å². The van der Waals surface area contributed by atoms with Crippen LogP contribution in [0.2, 0.25) is 5.02 Å². The summed E-state index contributed by atoms with van der Waals surface area (Å²) in [6, 6.07) is 27.5. The molecule has 0 radical (unpaired) electrons. The lowest BCUT2D eigenvalue weighted by atomic mass is 9.99. The van der Waals surface area contributed by atoms with Crippen molar-refractivity contribution in [1.29, 1.82) is 0 Å². The first-order chi connectivity index (χ1) is 14.6. The van der Waals surface area contributed by atoms with Crippen LogP contribution in [-0.4, -0.2) is 4.98 Å². The first kappa shape index (κ1) is 19.6. The van der Waals surface area contributed by atoms with Crippen LogP contribution in [0.1, 0.15) is 11.1 Å². The van der Waals surface area contributed by atoms with Crippen molar-refractivity contribution in [3.8, 4) is 11.1 Å². The van der Waals surface area contributed by atoms with E-state index in [0.717, 1.165) is 22.3 Å². The number of hydrogen-bond acceptors (Lipinski definition) is 5. The fourth-order valence-corrected chi connectivity index (χ4v) is 3.34. The average molecular weight is 414 g/mol. The molecule has 6 heteroatoms. The predicted molar refractivity (Wildman–Crippen MR) is 123 cm³/mol. The van der Waals surface area contributed by atoms with Crippen molar-refractivity contribution in [1.82, 2.24) is 4.98 Å². The summed E-state index contributed by atoms with van der Waals surface area (Å²) in [5, 5.41) is 9.28. The van der Waals surface area contributed by atoms with Crippen LogP contribution in [0.15, 0.2) is 95.2 Å². The molecule has 0 amide bonds. The molecule has 0 unspecified atom stereocenters. The van der Waals surface area contributed by atoms with E-state index in [-0.39, 0.29) is 5.82 Å². The number of nitrogen functional groups attached to an aromatic ring is 2. The molecule has 0 aliphatic rings. The van der Waals surface area contributed by atoms with Crippen molar-refractivity contribution in [3.63, 3.8) is 0 Å². The summed E-state index contributed by atoms with van der Waals surface area (Å²) < 4.78 is 0. The van der Waals surface area contributed by atoms with Gasteiger partial charge in [-0.1, -0.05) is 66.2 Å². The molecule has 4 N–H and O–H groups in total. The zero-order valence-corrected chi connectivity index (χ0v) is 16.9.